The summed E-state index contributed by atoms with van der Waals surface area (Å²) in [5, 5.41) is 4.59. The summed E-state index contributed by atoms with van der Waals surface area (Å²) in [5.41, 5.74) is 1.05. The predicted octanol–water partition coefficient (Wildman–Crippen LogP) is 5.66. The van der Waals surface area contributed by atoms with E-state index in [0.717, 1.165) is 23.1 Å². The largest absolute Gasteiger partial charge is 0.456 e. The molecule has 2 aromatic carbocycles. The van der Waals surface area contributed by atoms with E-state index in [4.69, 9.17) is 27.9 Å². The molecule has 0 spiro atoms. The Labute approximate surface area is 137 Å². The summed E-state index contributed by atoms with van der Waals surface area (Å²) in [6.45, 7) is 3.72. The molecule has 2 nitrogen and oxygen atoms in total. The summed E-state index contributed by atoms with van der Waals surface area (Å²) in [6.07, 6.45) is 0. The fourth-order valence-corrected chi connectivity index (χ4v) is 2.68. The van der Waals surface area contributed by atoms with Gasteiger partial charge in [-0.15, -0.1) is 0 Å². The monoisotopic (exact) mass is 373 g/mol. The highest BCUT2D eigenvalue weighted by molar-refractivity contribution is 9.10. The van der Waals surface area contributed by atoms with Crippen molar-refractivity contribution in [1.29, 1.82) is 0 Å². The van der Waals surface area contributed by atoms with E-state index in [2.05, 4.69) is 28.2 Å². The highest BCUT2D eigenvalue weighted by Crippen LogP contribution is 2.33. The first-order valence-electron chi connectivity index (χ1n) is 6.22. The molecule has 1 N–H and O–H groups in total. The van der Waals surface area contributed by atoms with Gasteiger partial charge in [-0.1, -0.05) is 36.2 Å². The topological polar surface area (TPSA) is 21.3 Å². The van der Waals surface area contributed by atoms with E-state index in [0.29, 0.717) is 21.5 Å². The fraction of sp³-hybridized carbons (Fsp3) is 0.200. The second-order valence-corrected chi connectivity index (χ2v) is 5.91. The number of ether oxygens (including phenoxy) is 1. The smallest absolute Gasteiger partial charge is 0.141 e. The van der Waals surface area contributed by atoms with Crippen LogP contribution in [0.5, 0.6) is 11.5 Å². The van der Waals surface area contributed by atoms with Gasteiger partial charge < -0.3 is 10.1 Å². The van der Waals surface area contributed by atoms with Gasteiger partial charge in [0, 0.05) is 16.6 Å². The lowest BCUT2D eigenvalue weighted by Gasteiger charge is -2.10. The van der Waals surface area contributed by atoms with Crippen LogP contribution >= 0.6 is 39.1 Å². The van der Waals surface area contributed by atoms with Crippen LogP contribution in [0.2, 0.25) is 10.0 Å². The summed E-state index contributed by atoms with van der Waals surface area (Å²) in [6, 6.07) is 11.1. The minimum Gasteiger partial charge on any atom is -0.456 e. The van der Waals surface area contributed by atoms with Crippen molar-refractivity contribution < 1.29 is 4.74 Å². The standard InChI is InChI=1S/C15H14BrCl2NO/c1-2-19-9-10-3-5-12(8-14(10)18)20-15-6-4-11(17)7-13(15)16/h3-8,19H,2,9H2,1H3. The van der Waals surface area contributed by atoms with Gasteiger partial charge in [-0.25, -0.2) is 0 Å². The van der Waals surface area contributed by atoms with Gasteiger partial charge in [-0.2, -0.15) is 0 Å². The Morgan fingerprint density at radius 1 is 1.15 bits per heavy atom. The van der Waals surface area contributed by atoms with Gasteiger partial charge in [0.25, 0.3) is 0 Å². The van der Waals surface area contributed by atoms with E-state index in [1.54, 1.807) is 12.1 Å². The fourth-order valence-electron chi connectivity index (χ4n) is 1.68. The number of halogens is 3. The molecule has 0 saturated carbocycles. The van der Waals surface area contributed by atoms with Crippen LogP contribution in [0.15, 0.2) is 40.9 Å². The Hall–Kier alpha value is -0.740. The molecule has 0 heterocycles. The molecule has 106 valence electrons. The van der Waals surface area contributed by atoms with Crippen molar-refractivity contribution >= 4 is 39.1 Å². The average molecular weight is 375 g/mol. The van der Waals surface area contributed by atoms with Crippen LogP contribution in [0.3, 0.4) is 0 Å². The van der Waals surface area contributed by atoms with Crippen LogP contribution in [0, 0.1) is 0 Å². The first-order chi connectivity index (χ1) is 9.60. The molecule has 0 radical (unpaired) electrons. The third kappa shape index (κ3) is 4.13. The quantitative estimate of drug-likeness (QED) is 0.729. The minimum atomic E-state index is 0.656. The highest BCUT2D eigenvalue weighted by Gasteiger charge is 2.06. The van der Waals surface area contributed by atoms with Crippen LogP contribution in [0.1, 0.15) is 12.5 Å². The molecular formula is C15H14BrCl2NO. The van der Waals surface area contributed by atoms with Gasteiger partial charge in [-0.05, 0) is 58.4 Å². The average Bonchev–Trinajstić information content (AvgIpc) is 2.41. The lowest BCUT2D eigenvalue weighted by Crippen LogP contribution is -2.11. The summed E-state index contributed by atoms with van der Waals surface area (Å²) in [5.74, 6) is 1.39. The summed E-state index contributed by atoms with van der Waals surface area (Å²) in [4.78, 5) is 0. The normalized spacial score (nSPS) is 10.6. The Balaban J connectivity index is 2.15. The predicted molar refractivity (Wildman–Crippen MR) is 88.1 cm³/mol. The van der Waals surface area contributed by atoms with Crippen LogP contribution in [0.25, 0.3) is 0 Å². The zero-order valence-electron chi connectivity index (χ0n) is 10.9. The number of hydrogen-bond donors (Lipinski definition) is 1. The Bertz CT molecular complexity index is 604. The molecule has 2 rings (SSSR count). The van der Waals surface area contributed by atoms with Crippen molar-refractivity contribution in [2.45, 2.75) is 13.5 Å². The molecule has 0 atom stereocenters. The van der Waals surface area contributed by atoms with E-state index in [9.17, 15) is 0 Å². The number of nitrogens with one attached hydrogen (secondary N) is 1. The lowest BCUT2D eigenvalue weighted by atomic mass is 10.2. The van der Waals surface area contributed by atoms with E-state index in [1.165, 1.54) is 0 Å². The van der Waals surface area contributed by atoms with Crippen LogP contribution < -0.4 is 10.1 Å². The second-order valence-electron chi connectivity index (χ2n) is 4.21. The summed E-state index contributed by atoms with van der Waals surface area (Å²) in [7, 11) is 0. The Morgan fingerprint density at radius 2 is 1.95 bits per heavy atom. The molecule has 5 heteroatoms. The zero-order valence-corrected chi connectivity index (χ0v) is 14.0. The van der Waals surface area contributed by atoms with Crippen LogP contribution in [0.4, 0.5) is 0 Å². The molecular weight excluding hydrogens is 361 g/mol. The lowest BCUT2D eigenvalue weighted by molar-refractivity contribution is 0.479. The molecule has 0 aromatic heterocycles. The van der Waals surface area contributed by atoms with Crippen molar-refractivity contribution in [2.24, 2.45) is 0 Å². The molecule has 0 bridgehead atoms. The molecule has 2 aromatic rings. The van der Waals surface area contributed by atoms with E-state index in [1.807, 2.05) is 24.3 Å². The van der Waals surface area contributed by atoms with Crippen molar-refractivity contribution in [3.63, 3.8) is 0 Å². The van der Waals surface area contributed by atoms with Crippen LogP contribution in [-0.4, -0.2) is 6.54 Å². The Morgan fingerprint density at radius 3 is 2.60 bits per heavy atom. The van der Waals surface area contributed by atoms with E-state index in [-0.39, 0.29) is 0 Å². The Kier molecular flexibility index (Phi) is 5.73. The molecule has 0 unspecified atom stereocenters. The minimum absolute atomic E-state index is 0.656. The summed E-state index contributed by atoms with van der Waals surface area (Å²) < 4.78 is 6.60. The first kappa shape index (κ1) is 15.6. The van der Waals surface area contributed by atoms with Gasteiger partial charge >= 0.3 is 0 Å². The van der Waals surface area contributed by atoms with Gasteiger partial charge in [0.1, 0.15) is 11.5 Å². The van der Waals surface area contributed by atoms with E-state index < -0.39 is 0 Å². The molecule has 0 saturated heterocycles. The molecule has 0 amide bonds. The second kappa shape index (κ2) is 7.32. The van der Waals surface area contributed by atoms with Gasteiger partial charge in [0.05, 0.1) is 4.47 Å². The van der Waals surface area contributed by atoms with Crippen LogP contribution in [-0.2, 0) is 6.54 Å². The first-order valence-corrected chi connectivity index (χ1v) is 7.77. The van der Waals surface area contributed by atoms with Gasteiger partial charge in [-0.3, -0.25) is 0 Å². The molecule has 0 aliphatic carbocycles. The maximum absolute atomic E-state index is 6.24. The third-order valence-electron chi connectivity index (χ3n) is 2.71. The molecule has 0 fully saturated rings. The maximum atomic E-state index is 6.24. The van der Waals surface area contributed by atoms with E-state index >= 15 is 0 Å². The van der Waals surface area contributed by atoms with Crippen molar-refractivity contribution in [2.75, 3.05) is 6.54 Å². The van der Waals surface area contributed by atoms with Gasteiger partial charge in [0.2, 0.25) is 0 Å². The SMILES string of the molecule is CCNCc1ccc(Oc2ccc(Cl)cc2Br)cc1Cl. The molecule has 0 aliphatic heterocycles. The van der Waals surface area contributed by atoms with Crippen molar-refractivity contribution in [3.05, 3.63) is 56.5 Å². The third-order valence-corrected chi connectivity index (χ3v) is 3.92. The highest BCUT2D eigenvalue weighted by atomic mass is 79.9. The molecule has 0 aliphatic rings. The maximum Gasteiger partial charge on any atom is 0.141 e. The number of rotatable bonds is 5. The zero-order chi connectivity index (χ0) is 14.5. The summed E-state index contributed by atoms with van der Waals surface area (Å²) >= 11 is 15.6. The van der Waals surface area contributed by atoms with Crippen molar-refractivity contribution in [3.8, 4) is 11.5 Å². The number of hydrogen-bond acceptors (Lipinski definition) is 2. The van der Waals surface area contributed by atoms with Gasteiger partial charge in [0.15, 0.2) is 0 Å². The molecule has 20 heavy (non-hydrogen) atoms. The number of benzene rings is 2. The van der Waals surface area contributed by atoms with Crippen molar-refractivity contribution in [1.82, 2.24) is 5.32 Å².